The molecule has 1 aromatic heterocycles. The van der Waals surface area contributed by atoms with Crippen molar-refractivity contribution >= 4 is 21.9 Å². The van der Waals surface area contributed by atoms with Crippen LogP contribution in [0.25, 0.3) is 11.3 Å². The van der Waals surface area contributed by atoms with Gasteiger partial charge in [-0.05, 0) is 37.0 Å². The van der Waals surface area contributed by atoms with E-state index in [9.17, 15) is 13.2 Å². The topological polar surface area (TPSA) is 115 Å². The van der Waals surface area contributed by atoms with Crippen molar-refractivity contribution in [3.8, 4) is 11.3 Å². The lowest BCUT2D eigenvalue weighted by atomic mass is 10.1. The summed E-state index contributed by atoms with van der Waals surface area (Å²) >= 11 is 0. The number of aryl methyl sites for hydroxylation is 1. The fraction of sp³-hybridized carbons (Fsp3) is 0.389. The van der Waals surface area contributed by atoms with Crippen molar-refractivity contribution in [3.63, 3.8) is 0 Å². The Bertz CT molecular complexity index is 895. The Kier molecular flexibility index (Phi) is 6.31. The molecule has 0 fully saturated rings. The molecule has 0 aliphatic rings. The Balaban J connectivity index is 2.28. The summed E-state index contributed by atoms with van der Waals surface area (Å²) in [6.45, 7) is 5.89. The zero-order chi connectivity index (χ0) is 19.3. The highest BCUT2D eigenvalue weighted by Crippen LogP contribution is 2.22. The molecule has 0 aliphatic carbocycles. The minimum Gasteiger partial charge on any atom is -0.368 e. The molecule has 0 bridgehead atoms. The highest BCUT2D eigenvalue weighted by atomic mass is 32.2. The Morgan fingerprint density at radius 2 is 1.96 bits per heavy atom. The van der Waals surface area contributed by atoms with Crippen molar-refractivity contribution in [1.82, 2.24) is 14.7 Å². The maximum atomic E-state index is 12.5. The molecule has 8 heteroatoms. The molecule has 2 aromatic rings. The number of nitrogens with two attached hydrogens (primary N) is 1. The number of rotatable bonds is 7. The van der Waals surface area contributed by atoms with Gasteiger partial charge in [-0.2, -0.15) is 0 Å². The summed E-state index contributed by atoms with van der Waals surface area (Å²) in [6.07, 6.45) is 1.48. The summed E-state index contributed by atoms with van der Waals surface area (Å²) < 4.78 is 27.1. The van der Waals surface area contributed by atoms with E-state index in [0.717, 1.165) is 5.69 Å². The van der Waals surface area contributed by atoms with Gasteiger partial charge in [-0.15, -0.1) is 0 Å². The van der Waals surface area contributed by atoms with Crippen molar-refractivity contribution in [3.05, 3.63) is 36.0 Å². The van der Waals surface area contributed by atoms with E-state index in [-0.39, 0.29) is 17.3 Å². The molecule has 0 atom stereocenters. The molecule has 0 saturated carbocycles. The summed E-state index contributed by atoms with van der Waals surface area (Å²) in [4.78, 5) is 20.2. The minimum absolute atomic E-state index is 0.00290. The number of amides is 1. The van der Waals surface area contributed by atoms with Crippen LogP contribution < -0.4 is 10.5 Å². The van der Waals surface area contributed by atoms with Gasteiger partial charge >= 0.3 is 0 Å². The molecule has 26 heavy (non-hydrogen) atoms. The van der Waals surface area contributed by atoms with E-state index in [1.807, 2.05) is 20.8 Å². The van der Waals surface area contributed by atoms with Gasteiger partial charge in [-0.3, -0.25) is 4.79 Å². The van der Waals surface area contributed by atoms with Crippen LogP contribution in [0.1, 0.15) is 39.3 Å². The largest absolute Gasteiger partial charge is 0.368 e. The van der Waals surface area contributed by atoms with Crippen LogP contribution in [0.3, 0.4) is 0 Å². The Morgan fingerprint density at radius 3 is 2.62 bits per heavy atom. The summed E-state index contributed by atoms with van der Waals surface area (Å²) in [5.74, 6) is -0.0546. The molecule has 0 radical (unpaired) electrons. The van der Waals surface area contributed by atoms with Gasteiger partial charge < -0.3 is 5.73 Å². The third kappa shape index (κ3) is 5.26. The molecular weight excluding hydrogens is 352 g/mol. The number of nitrogens with one attached hydrogen (secondary N) is 1. The monoisotopic (exact) mass is 376 g/mol. The standard InChI is InChI=1S/C18H24N4O3S/c1-4-14-11-16(21-18(19)20-14)13-6-5-7-15(10-13)26(24,25)22-17(23)9-8-12(2)3/h5-7,10-12H,4,8-9H2,1-3H3,(H,22,23)(H2,19,20,21). The quantitative estimate of drug-likeness (QED) is 0.767. The van der Waals surface area contributed by atoms with E-state index >= 15 is 0 Å². The number of aromatic nitrogens is 2. The van der Waals surface area contributed by atoms with Crippen molar-refractivity contribution in [2.24, 2.45) is 5.92 Å². The number of sulfonamides is 1. The van der Waals surface area contributed by atoms with Crippen LogP contribution in [-0.4, -0.2) is 24.3 Å². The number of carbonyl (C=O) groups excluding carboxylic acids is 1. The van der Waals surface area contributed by atoms with Crippen LogP contribution in [0, 0.1) is 5.92 Å². The average Bonchev–Trinajstić information content (AvgIpc) is 2.59. The van der Waals surface area contributed by atoms with E-state index < -0.39 is 15.9 Å². The van der Waals surface area contributed by atoms with Gasteiger partial charge in [0.25, 0.3) is 10.0 Å². The molecular formula is C18H24N4O3S. The fourth-order valence-corrected chi connectivity index (χ4v) is 3.41. The first-order valence-electron chi connectivity index (χ1n) is 8.50. The van der Waals surface area contributed by atoms with Gasteiger partial charge in [0.15, 0.2) is 0 Å². The summed E-state index contributed by atoms with van der Waals surface area (Å²) in [5, 5.41) is 0. The summed E-state index contributed by atoms with van der Waals surface area (Å²) in [7, 11) is -3.94. The fourth-order valence-electron chi connectivity index (χ4n) is 2.35. The predicted octanol–water partition coefficient (Wildman–Crippen LogP) is 2.53. The first-order chi connectivity index (χ1) is 12.2. The first-order valence-corrected chi connectivity index (χ1v) is 9.99. The minimum atomic E-state index is -3.94. The van der Waals surface area contributed by atoms with Crippen LogP contribution in [0.4, 0.5) is 5.95 Å². The SMILES string of the molecule is CCc1cc(-c2cccc(S(=O)(=O)NC(=O)CCC(C)C)c2)nc(N)n1. The zero-order valence-corrected chi connectivity index (χ0v) is 16.0. The lowest BCUT2D eigenvalue weighted by molar-refractivity contribution is -0.119. The number of nitrogens with zero attached hydrogens (tertiary/aromatic N) is 2. The summed E-state index contributed by atoms with van der Waals surface area (Å²) in [6, 6.07) is 8.02. The van der Waals surface area contributed by atoms with Gasteiger partial charge in [0.05, 0.1) is 10.6 Å². The van der Waals surface area contributed by atoms with Crippen molar-refractivity contribution in [2.45, 2.75) is 44.9 Å². The average molecular weight is 376 g/mol. The van der Waals surface area contributed by atoms with Crippen LogP contribution in [-0.2, 0) is 21.2 Å². The zero-order valence-electron chi connectivity index (χ0n) is 15.2. The molecule has 1 amide bonds. The number of benzene rings is 1. The number of carbonyl (C=O) groups is 1. The van der Waals surface area contributed by atoms with Gasteiger partial charge in [0.2, 0.25) is 11.9 Å². The van der Waals surface area contributed by atoms with Crippen molar-refractivity contribution < 1.29 is 13.2 Å². The molecule has 0 saturated heterocycles. The smallest absolute Gasteiger partial charge is 0.264 e. The third-order valence-corrected chi connectivity index (χ3v) is 5.17. The van der Waals surface area contributed by atoms with E-state index in [0.29, 0.717) is 30.0 Å². The second kappa shape index (κ2) is 8.27. The third-order valence-electron chi connectivity index (χ3n) is 3.80. The second-order valence-electron chi connectivity index (χ2n) is 6.45. The highest BCUT2D eigenvalue weighted by Gasteiger charge is 2.18. The van der Waals surface area contributed by atoms with E-state index in [1.54, 1.807) is 18.2 Å². The second-order valence-corrected chi connectivity index (χ2v) is 8.13. The van der Waals surface area contributed by atoms with Crippen molar-refractivity contribution in [2.75, 3.05) is 5.73 Å². The van der Waals surface area contributed by atoms with E-state index in [4.69, 9.17) is 5.73 Å². The van der Waals surface area contributed by atoms with Gasteiger partial charge in [-0.25, -0.2) is 23.1 Å². The predicted molar refractivity (Wildman–Crippen MR) is 101 cm³/mol. The van der Waals surface area contributed by atoms with Crippen molar-refractivity contribution in [1.29, 1.82) is 0 Å². The molecule has 0 unspecified atom stereocenters. The molecule has 140 valence electrons. The molecule has 3 N–H and O–H groups in total. The van der Waals surface area contributed by atoms with Gasteiger partial charge in [0, 0.05) is 17.7 Å². The normalized spacial score (nSPS) is 11.5. The molecule has 1 aromatic carbocycles. The Morgan fingerprint density at radius 1 is 1.23 bits per heavy atom. The highest BCUT2D eigenvalue weighted by molar-refractivity contribution is 7.90. The molecule has 7 nitrogen and oxygen atoms in total. The lowest BCUT2D eigenvalue weighted by Gasteiger charge is -2.10. The Labute approximate surface area is 154 Å². The number of nitrogen functional groups attached to an aromatic ring is 1. The number of hydrogen-bond acceptors (Lipinski definition) is 6. The first kappa shape index (κ1) is 19.8. The maximum absolute atomic E-state index is 12.5. The molecule has 1 heterocycles. The number of anilines is 1. The summed E-state index contributed by atoms with van der Waals surface area (Å²) in [5.41, 5.74) is 7.62. The lowest BCUT2D eigenvalue weighted by Crippen LogP contribution is -2.30. The van der Waals surface area contributed by atoms with Gasteiger partial charge in [-0.1, -0.05) is 32.9 Å². The van der Waals surface area contributed by atoms with Crippen LogP contribution in [0.5, 0.6) is 0 Å². The van der Waals surface area contributed by atoms with E-state index in [2.05, 4.69) is 14.7 Å². The maximum Gasteiger partial charge on any atom is 0.264 e. The van der Waals surface area contributed by atoms with Crippen LogP contribution in [0.2, 0.25) is 0 Å². The van der Waals surface area contributed by atoms with Crippen LogP contribution >= 0.6 is 0 Å². The van der Waals surface area contributed by atoms with E-state index in [1.165, 1.54) is 12.1 Å². The number of hydrogen-bond donors (Lipinski definition) is 2. The van der Waals surface area contributed by atoms with Gasteiger partial charge in [0.1, 0.15) is 0 Å². The Hall–Kier alpha value is -2.48. The van der Waals surface area contributed by atoms with Crippen LogP contribution in [0.15, 0.2) is 35.2 Å². The molecule has 2 rings (SSSR count). The molecule has 0 spiro atoms. The molecule has 0 aliphatic heterocycles.